The summed E-state index contributed by atoms with van der Waals surface area (Å²) in [4.78, 5) is 1.89. The minimum absolute atomic E-state index is 0.00866. The van der Waals surface area contributed by atoms with Crippen molar-refractivity contribution in [2.24, 2.45) is 21.8 Å². The van der Waals surface area contributed by atoms with Gasteiger partial charge >= 0.3 is 0 Å². The van der Waals surface area contributed by atoms with E-state index in [0.29, 0.717) is 5.56 Å². The Labute approximate surface area is 99.4 Å². The Morgan fingerprint density at radius 1 is 1.47 bits per heavy atom. The highest BCUT2D eigenvalue weighted by molar-refractivity contribution is 5.86. The van der Waals surface area contributed by atoms with Crippen molar-refractivity contribution in [1.82, 2.24) is 5.43 Å². The summed E-state index contributed by atoms with van der Waals surface area (Å²) in [6.45, 7) is 0. The predicted molar refractivity (Wildman–Crippen MR) is 69.0 cm³/mol. The Morgan fingerprint density at radius 2 is 2.18 bits per heavy atom. The topological polar surface area (TPSA) is 112 Å². The van der Waals surface area contributed by atoms with Gasteiger partial charge in [0.1, 0.15) is 5.75 Å². The second kappa shape index (κ2) is 5.59. The van der Waals surface area contributed by atoms with Gasteiger partial charge in [0, 0.05) is 31.4 Å². The number of benzene rings is 1. The van der Waals surface area contributed by atoms with Crippen LogP contribution in [-0.2, 0) is 0 Å². The molecule has 0 atom stereocenters. The average molecular weight is 236 g/mol. The Bertz CT molecular complexity index is 440. The first-order valence-electron chi connectivity index (χ1n) is 4.87. The number of hydrazone groups is 2. The van der Waals surface area contributed by atoms with E-state index in [1.165, 1.54) is 6.21 Å². The molecule has 0 bridgehead atoms. The van der Waals surface area contributed by atoms with Gasteiger partial charge in [-0.15, -0.1) is 5.10 Å². The molecule has 0 fully saturated rings. The summed E-state index contributed by atoms with van der Waals surface area (Å²) in [5.74, 6) is 5.03. The first kappa shape index (κ1) is 12.6. The summed E-state index contributed by atoms with van der Waals surface area (Å²) < 4.78 is 0. The fraction of sp³-hybridized carbons (Fsp3) is 0.200. The van der Waals surface area contributed by atoms with Crippen molar-refractivity contribution >= 4 is 17.9 Å². The van der Waals surface area contributed by atoms with Crippen LogP contribution < -0.4 is 21.9 Å². The van der Waals surface area contributed by atoms with Gasteiger partial charge in [-0.1, -0.05) is 0 Å². The summed E-state index contributed by atoms with van der Waals surface area (Å²) >= 11 is 0. The van der Waals surface area contributed by atoms with E-state index in [1.807, 2.05) is 25.1 Å². The van der Waals surface area contributed by atoms with Gasteiger partial charge in [-0.2, -0.15) is 5.10 Å². The second-order valence-electron chi connectivity index (χ2n) is 3.52. The van der Waals surface area contributed by atoms with E-state index < -0.39 is 0 Å². The number of rotatable bonds is 3. The zero-order valence-electron chi connectivity index (χ0n) is 9.75. The quantitative estimate of drug-likeness (QED) is 0.246. The fourth-order valence-corrected chi connectivity index (χ4v) is 1.12. The third-order valence-electron chi connectivity index (χ3n) is 2.05. The van der Waals surface area contributed by atoms with E-state index in [2.05, 4.69) is 15.6 Å². The lowest BCUT2D eigenvalue weighted by molar-refractivity contribution is 0.474. The van der Waals surface area contributed by atoms with Crippen molar-refractivity contribution in [3.05, 3.63) is 23.8 Å². The molecule has 0 heterocycles. The van der Waals surface area contributed by atoms with Crippen LogP contribution in [0.15, 0.2) is 28.4 Å². The number of nitrogens with two attached hydrogens (primary N) is 2. The molecule has 0 aliphatic rings. The lowest BCUT2D eigenvalue weighted by Gasteiger charge is -2.12. The number of phenols is 1. The number of nitrogens with zero attached hydrogens (tertiary/aromatic N) is 3. The highest BCUT2D eigenvalue weighted by Crippen LogP contribution is 2.21. The Hall–Kier alpha value is -2.44. The van der Waals surface area contributed by atoms with Gasteiger partial charge in [0.05, 0.1) is 6.21 Å². The van der Waals surface area contributed by atoms with E-state index >= 15 is 0 Å². The number of nitrogens with one attached hydrogen (secondary N) is 1. The first-order chi connectivity index (χ1) is 8.04. The van der Waals surface area contributed by atoms with Crippen molar-refractivity contribution < 1.29 is 5.11 Å². The minimum atomic E-state index is -0.00866. The lowest BCUT2D eigenvalue weighted by atomic mass is 10.2. The highest BCUT2D eigenvalue weighted by Gasteiger charge is 2.01. The molecule has 1 rings (SSSR count). The normalized spacial score (nSPS) is 11.8. The Morgan fingerprint density at radius 3 is 2.71 bits per heavy atom. The summed E-state index contributed by atoms with van der Waals surface area (Å²) in [5, 5.41) is 16.7. The van der Waals surface area contributed by atoms with E-state index in [0.717, 1.165) is 5.69 Å². The Kier molecular flexibility index (Phi) is 4.15. The van der Waals surface area contributed by atoms with E-state index in [9.17, 15) is 5.11 Å². The largest absolute Gasteiger partial charge is 0.507 e. The molecule has 0 aliphatic carbocycles. The molecule has 7 heteroatoms. The number of hydrogen-bond acceptors (Lipinski definition) is 5. The van der Waals surface area contributed by atoms with Gasteiger partial charge in [0.15, 0.2) is 0 Å². The van der Waals surface area contributed by atoms with E-state index in [-0.39, 0.29) is 11.7 Å². The number of phenolic OH excluding ortho intramolecular Hbond substituents is 1. The molecule has 0 aromatic heterocycles. The zero-order valence-corrected chi connectivity index (χ0v) is 9.75. The van der Waals surface area contributed by atoms with Crippen molar-refractivity contribution in [3.63, 3.8) is 0 Å². The molecule has 1 aromatic rings. The van der Waals surface area contributed by atoms with E-state index in [1.54, 1.807) is 12.1 Å². The molecule has 0 saturated heterocycles. The van der Waals surface area contributed by atoms with Crippen LogP contribution in [0.2, 0.25) is 0 Å². The molecule has 1 aromatic carbocycles. The summed E-state index contributed by atoms with van der Waals surface area (Å²) in [6.07, 6.45) is 1.42. The van der Waals surface area contributed by atoms with E-state index in [4.69, 9.17) is 11.6 Å². The summed E-state index contributed by atoms with van der Waals surface area (Å²) in [7, 11) is 3.78. The second-order valence-corrected chi connectivity index (χ2v) is 3.52. The van der Waals surface area contributed by atoms with Crippen LogP contribution in [0.25, 0.3) is 0 Å². The number of guanidine groups is 1. The number of aromatic hydroxyl groups is 1. The fourth-order valence-electron chi connectivity index (χ4n) is 1.12. The molecule has 0 saturated carbocycles. The SMILES string of the molecule is CN(C)c1ccc(/C=N/NC(N)=NN)c(O)c1. The Balaban J connectivity index is 2.79. The third-order valence-corrected chi connectivity index (χ3v) is 2.05. The van der Waals surface area contributed by atoms with Crippen LogP contribution in [0.1, 0.15) is 5.56 Å². The monoisotopic (exact) mass is 236 g/mol. The summed E-state index contributed by atoms with van der Waals surface area (Å²) in [6, 6.07) is 5.24. The maximum Gasteiger partial charge on any atom is 0.231 e. The smallest absolute Gasteiger partial charge is 0.231 e. The first-order valence-corrected chi connectivity index (χ1v) is 4.87. The molecule has 17 heavy (non-hydrogen) atoms. The van der Waals surface area contributed by atoms with Crippen LogP contribution in [0, 0.1) is 0 Å². The predicted octanol–water partition coefficient (Wildman–Crippen LogP) is -0.430. The lowest BCUT2D eigenvalue weighted by Crippen LogP contribution is -2.28. The molecule has 6 N–H and O–H groups in total. The molecule has 0 amide bonds. The molecule has 0 radical (unpaired) electrons. The number of hydrogen-bond donors (Lipinski definition) is 4. The third kappa shape index (κ3) is 3.56. The molecule has 7 nitrogen and oxygen atoms in total. The van der Waals surface area contributed by atoms with Gasteiger partial charge in [-0.25, -0.2) is 5.43 Å². The van der Waals surface area contributed by atoms with Crippen LogP contribution in [0.3, 0.4) is 0 Å². The molecule has 0 spiro atoms. The molecule has 0 aliphatic heterocycles. The van der Waals surface area contributed by atoms with Crippen LogP contribution >= 0.6 is 0 Å². The van der Waals surface area contributed by atoms with Gasteiger partial charge < -0.3 is 21.6 Å². The highest BCUT2D eigenvalue weighted by atomic mass is 16.3. The summed E-state index contributed by atoms with van der Waals surface area (Å²) in [5.41, 5.74) is 9.13. The van der Waals surface area contributed by atoms with Crippen LogP contribution in [0.4, 0.5) is 5.69 Å². The van der Waals surface area contributed by atoms with Gasteiger partial charge in [0.25, 0.3) is 0 Å². The van der Waals surface area contributed by atoms with Gasteiger partial charge in [-0.05, 0) is 12.1 Å². The zero-order chi connectivity index (χ0) is 12.8. The maximum atomic E-state index is 9.73. The van der Waals surface area contributed by atoms with Crippen LogP contribution in [-0.4, -0.2) is 31.4 Å². The molecule has 0 unspecified atom stereocenters. The van der Waals surface area contributed by atoms with Crippen molar-refractivity contribution in [2.45, 2.75) is 0 Å². The van der Waals surface area contributed by atoms with Gasteiger partial charge in [-0.3, -0.25) is 0 Å². The van der Waals surface area contributed by atoms with Crippen molar-refractivity contribution in [1.29, 1.82) is 0 Å². The van der Waals surface area contributed by atoms with Crippen LogP contribution in [0.5, 0.6) is 5.75 Å². The minimum Gasteiger partial charge on any atom is -0.507 e. The number of anilines is 1. The molecule has 92 valence electrons. The standard InChI is InChI=1S/C10H16N6O/c1-16(2)8-4-3-7(9(17)5-8)6-13-15-10(11)14-12/h3-6,17H,12H2,1-2H3,(H3,11,14,15)/b13-6+. The van der Waals surface area contributed by atoms with Crippen molar-refractivity contribution in [3.8, 4) is 5.75 Å². The molecular formula is C10H16N6O. The maximum absolute atomic E-state index is 9.73. The molecular weight excluding hydrogens is 220 g/mol. The average Bonchev–Trinajstić information content (AvgIpc) is 2.30. The van der Waals surface area contributed by atoms with Crippen molar-refractivity contribution in [2.75, 3.05) is 19.0 Å². The van der Waals surface area contributed by atoms with Gasteiger partial charge in [0.2, 0.25) is 5.96 Å².